The van der Waals surface area contributed by atoms with Gasteiger partial charge in [-0.2, -0.15) is 0 Å². The molecule has 0 amide bonds. The second-order valence-corrected chi connectivity index (χ2v) is 10.5. The van der Waals surface area contributed by atoms with Crippen molar-refractivity contribution in [2.75, 3.05) is 13.2 Å². The number of hydrogen-bond donors (Lipinski definition) is 1. The molecular formula is C13H28O2Si. The third kappa shape index (κ3) is 4.04. The van der Waals surface area contributed by atoms with Crippen molar-refractivity contribution in [2.45, 2.75) is 52.2 Å². The molecule has 0 aromatic carbocycles. The summed E-state index contributed by atoms with van der Waals surface area (Å²) in [5, 5.41) is 9.05. The lowest BCUT2D eigenvalue weighted by Gasteiger charge is -2.42. The Morgan fingerprint density at radius 3 is 2.25 bits per heavy atom. The van der Waals surface area contributed by atoms with Crippen LogP contribution in [-0.2, 0) is 4.43 Å². The van der Waals surface area contributed by atoms with E-state index >= 15 is 0 Å². The van der Waals surface area contributed by atoms with Crippen LogP contribution in [0, 0.1) is 5.92 Å². The van der Waals surface area contributed by atoms with Crippen LogP contribution in [0.5, 0.6) is 0 Å². The third-order valence-corrected chi connectivity index (χ3v) is 8.64. The van der Waals surface area contributed by atoms with E-state index in [2.05, 4.69) is 47.4 Å². The molecule has 0 spiro atoms. The zero-order valence-electron chi connectivity index (χ0n) is 11.8. The van der Waals surface area contributed by atoms with Crippen molar-refractivity contribution in [3.63, 3.8) is 0 Å². The molecule has 16 heavy (non-hydrogen) atoms. The smallest absolute Gasteiger partial charge is 0.193 e. The first-order valence-electron chi connectivity index (χ1n) is 6.06. The van der Waals surface area contributed by atoms with Gasteiger partial charge in [0.2, 0.25) is 0 Å². The number of hydrogen-bond acceptors (Lipinski definition) is 2. The Hall–Kier alpha value is -0.123. The highest BCUT2D eigenvalue weighted by atomic mass is 28.4. The molecule has 0 heterocycles. The lowest BCUT2D eigenvalue weighted by Crippen LogP contribution is -2.45. The molecule has 0 atom stereocenters. The first kappa shape index (κ1) is 15.9. The van der Waals surface area contributed by atoms with Crippen LogP contribution in [0.4, 0.5) is 0 Å². The van der Waals surface area contributed by atoms with Crippen molar-refractivity contribution in [3.8, 4) is 0 Å². The van der Waals surface area contributed by atoms with E-state index in [9.17, 15) is 0 Å². The molecular weight excluding hydrogens is 216 g/mol. The van der Waals surface area contributed by atoms with Crippen LogP contribution in [0.3, 0.4) is 0 Å². The summed E-state index contributed by atoms with van der Waals surface area (Å²) in [6.45, 7) is 18.3. The normalized spacial score (nSPS) is 13.2. The quantitative estimate of drug-likeness (QED) is 0.548. The van der Waals surface area contributed by atoms with Crippen molar-refractivity contribution in [1.29, 1.82) is 0 Å². The average Bonchev–Trinajstić information content (AvgIpc) is 2.15. The molecule has 0 fully saturated rings. The van der Waals surface area contributed by atoms with Crippen molar-refractivity contribution >= 4 is 8.32 Å². The molecule has 0 unspecified atom stereocenters. The fraction of sp³-hybridized carbons (Fsp3) is 0.846. The molecule has 0 bridgehead atoms. The minimum Gasteiger partial charge on any atom is -0.413 e. The Kier molecular flexibility index (Phi) is 5.94. The maximum absolute atomic E-state index is 8.81. The van der Waals surface area contributed by atoms with E-state index in [4.69, 9.17) is 9.53 Å². The highest BCUT2D eigenvalue weighted by Gasteiger charge is 2.43. The summed E-state index contributed by atoms with van der Waals surface area (Å²) in [5.74, 6) is 0.611. The van der Waals surface area contributed by atoms with Crippen LogP contribution in [-0.4, -0.2) is 26.6 Å². The van der Waals surface area contributed by atoms with E-state index < -0.39 is 8.32 Å². The minimum atomic E-state index is -1.73. The van der Waals surface area contributed by atoms with Gasteiger partial charge >= 0.3 is 0 Å². The molecule has 96 valence electrons. The Morgan fingerprint density at radius 2 is 1.88 bits per heavy atom. The first-order chi connectivity index (χ1) is 7.15. The molecule has 0 saturated heterocycles. The monoisotopic (exact) mass is 244 g/mol. The highest BCUT2D eigenvalue weighted by Crippen LogP contribution is 2.44. The van der Waals surface area contributed by atoms with Crippen molar-refractivity contribution in [2.24, 2.45) is 5.92 Å². The molecule has 0 aliphatic carbocycles. The lowest BCUT2D eigenvalue weighted by molar-refractivity contribution is 0.268. The van der Waals surface area contributed by atoms with E-state index in [0.717, 1.165) is 5.57 Å². The van der Waals surface area contributed by atoms with Gasteiger partial charge in [-0.3, -0.25) is 0 Å². The zero-order chi connectivity index (χ0) is 13.0. The molecule has 1 N–H and O–H groups in total. The van der Waals surface area contributed by atoms with Gasteiger partial charge in [0.25, 0.3) is 0 Å². The SMILES string of the molecule is C=C(CCO)CO[Si](C)(C)C(C)(C)C(C)C. The summed E-state index contributed by atoms with van der Waals surface area (Å²) in [5.41, 5.74) is 0.989. The molecule has 0 aromatic rings. The number of aliphatic hydroxyl groups excluding tert-OH is 1. The molecule has 0 aromatic heterocycles. The van der Waals surface area contributed by atoms with Crippen LogP contribution in [0.2, 0.25) is 18.1 Å². The second-order valence-electron chi connectivity index (χ2n) is 5.90. The largest absolute Gasteiger partial charge is 0.413 e. The van der Waals surface area contributed by atoms with Crippen LogP contribution >= 0.6 is 0 Å². The van der Waals surface area contributed by atoms with E-state index in [1.54, 1.807) is 0 Å². The van der Waals surface area contributed by atoms with E-state index in [-0.39, 0.29) is 11.6 Å². The van der Waals surface area contributed by atoms with E-state index in [0.29, 0.717) is 18.9 Å². The fourth-order valence-corrected chi connectivity index (χ4v) is 3.72. The fourth-order valence-electron chi connectivity index (χ4n) is 1.39. The van der Waals surface area contributed by atoms with Crippen LogP contribution < -0.4 is 0 Å². The second kappa shape index (κ2) is 5.99. The Balaban J connectivity index is 4.40. The van der Waals surface area contributed by atoms with Gasteiger partial charge in [0, 0.05) is 6.61 Å². The maximum Gasteiger partial charge on any atom is 0.193 e. The summed E-state index contributed by atoms with van der Waals surface area (Å²) in [4.78, 5) is 0. The van der Waals surface area contributed by atoms with Crippen LogP contribution in [0.25, 0.3) is 0 Å². The average molecular weight is 244 g/mol. The molecule has 0 aliphatic heterocycles. The molecule has 3 heteroatoms. The van der Waals surface area contributed by atoms with Gasteiger partial charge < -0.3 is 9.53 Å². The zero-order valence-corrected chi connectivity index (χ0v) is 12.8. The standard InChI is InChI=1S/C13H28O2Si/c1-11(2)13(4,5)16(6,7)15-10-12(3)8-9-14/h11,14H,3,8-10H2,1-2,4-7H3. The van der Waals surface area contributed by atoms with Crippen molar-refractivity contribution in [1.82, 2.24) is 0 Å². The predicted octanol–water partition coefficient (Wildman–Crippen LogP) is 3.58. The summed E-state index contributed by atoms with van der Waals surface area (Å²) >= 11 is 0. The van der Waals surface area contributed by atoms with E-state index in [1.165, 1.54) is 0 Å². The Labute approximate surface area is 102 Å². The molecule has 0 rings (SSSR count). The lowest BCUT2D eigenvalue weighted by atomic mass is 9.99. The van der Waals surface area contributed by atoms with Gasteiger partial charge in [0.1, 0.15) is 0 Å². The topological polar surface area (TPSA) is 29.5 Å². The first-order valence-corrected chi connectivity index (χ1v) is 8.97. The number of rotatable bonds is 7. The summed E-state index contributed by atoms with van der Waals surface area (Å²) in [6.07, 6.45) is 0.645. The molecule has 0 radical (unpaired) electrons. The molecule has 0 saturated carbocycles. The van der Waals surface area contributed by atoms with E-state index in [1.807, 2.05) is 0 Å². The summed E-state index contributed by atoms with van der Waals surface area (Å²) in [7, 11) is -1.73. The van der Waals surface area contributed by atoms with Gasteiger partial charge in [0.15, 0.2) is 8.32 Å². The molecule has 2 nitrogen and oxygen atoms in total. The van der Waals surface area contributed by atoms with Gasteiger partial charge in [-0.1, -0.05) is 39.8 Å². The van der Waals surface area contributed by atoms with Gasteiger partial charge in [-0.25, -0.2) is 0 Å². The highest BCUT2D eigenvalue weighted by molar-refractivity contribution is 6.74. The van der Waals surface area contributed by atoms with Crippen LogP contribution in [0.1, 0.15) is 34.1 Å². The summed E-state index contributed by atoms with van der Waals surface area (Å²) < 4.78 is 6.10. The predicted molar refractivity (Wildman–Crippen MR) is 73.2 cm³/mol. The molecule has 0 aliphatic rings. The maximum atomic E-state index is 8.81. The van der Waals surface area contributed by atoms with Crippen molar-refractivity contribution in [3.05, 3.63) is 12.2 Å². The van der Waals surface area contributed by atoms with Gasteiger partial charge in [0.05, 0.1) is 6.61 Å². The number of aliphatic hydroxyl groups is 1. The third-order valence-electron chi connectivity index (χ3n) is 4.10. The van der Waals surface area contributed by atoms with Gasteiger partial charge in [-0.05, 0) is 30.5 Å². The Bertz CT molecular complexity index is 232. The van der Waals surface area contributed by atoms with Gasteiger partial charge in [-0.15, -0.1) is 0 Å². The van der Waals surface area contributed by atoms with Crippen molar-refractivity contribution < 1.29 is 9.53 Å². The van der Waals surface area contributed by atoms with Crippen LogP contribution in [0.15, 0.2) is 12.2 Å². The minimum absolute atomic E-state index is 0.164. The Morgan fingerprint density at radius 1 is 1.38 bits per heavy atom. The summed E-state index contributed by atoms with van der Waals surface area (Å²) in [6, 6.07) is 0.